The smallest absolute Gasteiger partial charge is 0.410 e. The van der Waals surface area contributed by atoms with Crippen LogP contribution in [-0.2, 0) is 9.31 Å². The van der Waals surface area contributed by atoms with Crippen molar-refractivity contribution in [3.05, 3.63) is 24.3 Å². The number of hydrogen-bond donors (Lipinski definition) is 0. The van der Waals surface area contributed by atoms with Crippen LogP contribution >= 0.6 is 0 Å². The van der Waals surface area contributed by atoms with E-state index >= 15 is 0 Å². The average molecular weight is 331 g/mol. The third-order valence-electron chi connectivity index (χ3n) is 5.22. The molecule has 2 fully saturated rings. The van der Waals surface area contributed by atoms with Crippen molar-refractivity contribution in [1.29, 1.82) is 0 Å². The summed E-state index contributed by atoms with van der Waals surface area (Å²) in [5.74, 6) is 0.547. The van der Waals surface area contributed by atoms with Gasteiger partial charge >= 0.3 is 13.2 Å². The quantitative estimate of drug-likeness (QED) is 0.782. The maximum absolute atomic E-state index is 12.1. The van der Waals surface area contributed by atoms with E-state index in [1.807, 2.05) is 39.8 Å². The zero-order valence-electron chi connectivity index (χ0n) is 15.0. The van der Waals surface area contributed by atoms with Crippen molar-refractivity contribution in [2.24, 2.45) is 0 Å². The molecule has 0 radical (unpaired) electrons. The summed E-state index contributed by atoms with van der Waals surface area (Å²) < 4.78 is 17.5. The Kier molecular flexibility index (Phi) is 4.62. The zero-order valence-corrected chi connectivity index (χ0v) is 15.0. The minimum Gasteiger partial charge on any atom is -0.410 e. The fourth-order valence-electron chi connectivity index (χ4n) is 2.91. The van der Waals surface area contributed by atoms with E-state index < -0.39 is 7.12 Å². The van der Waals surface area contributed by atoms with Gasteiger partial charge in [0.1, 0.15) is 5.75 Å². The molecule has 2 heterocycles. The van der Waals surface area contributed by atoms with Gasteiger partial charge in [-0.1, -0.05) is 12.1 Å². The minimum atomic E-state index is -0.401. The zero-order chi connectivity index (χ0) is 17.4. The van der Waals surface area contributed by atoms with Crippen LogP contribution < -0.4 is 10.2 Å². The molecule has 0 bridgehead atoms. The highest BCUT2D eigenvalue weighted by Crippen LogP contribution is 2.36. The van der Waals surface area contributed by atoms with Crippen LogP contribution in [0.2, 0.25) is 0 Å². The molecule has 24 heavy (non-hydrogen) atoms. The van der Waals surface area contributed by atoms with Gasteiger partial charge < -0.3 is 18.9 Å². The lowest BCUT2D eigenvalue weighted by molar-refractivity contribution is 0.00578. The van der Waals surface area contributed by atoms with E-state index in [1.54, 1.807) is 17.0 Å². The molecule has 1 aromatic rings. The first kappa shape index (κ1) is 17.3. The molecule has 0 aromatic heterocycles. The van der Waals surface area contributed by atoms with Crippen LogP contribution in [0.15, 0.2) is 24.3 Å². The Hall–Kier alpha value is -1.53. The number of piperidine rings is 1. The van der Waals surface area contributed by atoms with Crippen molar-refractivity contribution in [2.45, 2.75) is 58.2 Å². The maximum atomic E-state index is 12.1. The Labute approximate surface area is 144 Å². The van der Waals surface area contributed by atoms with Crippen molar-refractivity contribution < 1.29 is 18.8 Å². The van der Waals surface area contributed by atoms with Crippen molar-refractivity contribution in [2.75, 3.05) is 13.1 Å². The highest BCUT2D eigenvalue weighted by molar-refractivity contribution is 6.62. The molecule has 2 aliphatic rings. The van der Waals surface area contributed by atoms with E-state index in [-0.39, 0.29) is 17.3 Å². The molecule has 1 aromatic carbocycles. The number of ether oxygens (including phenoxy) is 1. The molecule has 130 valence electrons. The van der Waals surface area contributed by atoms with Crippen LogP contribution in [0.4, 0.5) is 4.79 Å². The first-order valence-electron chi connectivity index (χ1n) is 8.71. The number of amides is 1. The summed E-state index contributed by atoms with van der Waals surface area (Å²) >= 11 is 0. The van der Waals surface area contributed by atoms with E-state index in [9.17, 15) is 4.79 Å². The maximum Gasteiger partial charge on any atom is 0.494 e. The fraction of sp³-hybridized carbons (Fsp3) is 0.611. The Bertz CT molecular complexity index is 578. The van der Waals surface area contributed by atoms with E-state index in [0.717, 1.165) is 31.4 Å². The first-order chi connectivity index (χ1) is 11.3. The van der Waals surface area contributed by atoms with Crippen LogP contribution in [0.3, 0.4) is 0 Å². The van der Waals surface area contributed by atoms with E-state index in [1.165, 1.54) is 6.42 Å². The second-order valence-corrected chi connectivity index (χ2v) is 7.57. The second kappa shape index (κ2) is 6.41. The Morgan fingerprint density at radius 2 is 1.54 bits per heavy atom. The second-order valence-electron chi connectivity index (χ2n) is 7.57. The van der Waals surface area contributed by atoms with E-state index in [4.69, 9.17) is 14.0 Å². The van der Waals surface area contributed by atoms with Gasteiger partial charge in [0.2, 0.25) is 0 Å². The van der Waals surface area contributed by atoms with Gasteiger partial charge in [-0.3, -0.25) is 0 Å². The van der Waals surface area contributed by atoms with Gasteiger partial charge in [0.15, 0.2) is 0 Å². The third-order valence-corrected chi connectivity index (χ3v) is 5.22. The van der Waals surface area contributed by atoms with Gasteiger partial charge in [0.05, 0.1) is 11.2 Å². The predicted molar refractivity (Wildman–Crippen MR) is 93.6 cm³/mol. The monoisotopic (exact) mass is 331 g/mol. The van der Waals surface area contributed by atoms with Crippen LogP contribution in [0.5, 0.6) is 5.75 Å². The number of carbonyl (C=O) groups is 1. The Morgan fingerprint density at radius 3 is 2.08 bits per heavy atom. The number of carbonyl (C=O) groups excluding carboxylic acids is 1. The van der Waals surface area contributed by atoms with Gasteiger partial charge in [0.25, 0.3) is 0 Å². The lowest BCUT2D eigenvalue weighted by atomic mass is 9.79. The summed E-state index contributed by atoms with van der Waals surface area (Å²) in [6.45, 7) is 9.68. The Balaban J connectivity index is 1.63. The number of rotatable bonds is 2. The van der Waals surface area contributed by atoms with Crippen molar-refractivity contribution in [3.63, 3.8) is 0 Å². The SMILES string of the molecule is CC1(C)OB(c2ccc(OC(=O)N3CCCCC3)cc2)OC1(C)C. The summed E-state index contributed by atoms with van der Waals surface area (Å²) in [4.78, 5) is 13.9. The number of hydrogen-bond acceptors (Lipinski definition) is 4. The molecule has 2 aliphatic heterocycles. The highest BCUT2D eigenvalue weighted by Gasteiger charge is 2.51. The van der Waals surface area contributed by atoms with Crippen LogP contribution in [0, 0.1) is 0 Å². The van der Waals surface area contributed by atoms with Crippen molar-refractivity contribution in [3.8, 4) is 5.75 Å². The van der Waals surface area contributed by atoms with Gasteiger partial charge in [-0.15, -0.1) is 0 Å². The molecule has 0 saturated carbocycles. The predicted octanol–water partition coefficient (Wildman–Crippen LogP) is 2.97. The normalized spacial score (nSPS) is 22.5. The topological polar surface area (TPSA) is 48.0 Å². The average Bonchev–Trinajstić information content (AvgIpc) is 2.77. The molecule has 6 heteroatoms. The molecule has 3 rings (SSSR count). The van der Waals surface area contributed by atoms with Gasteiger partial charge in [-0.2, -0.15) is 0 Å². The lowest BCUT2D eigenvalue weighted by Crippen LogP contribution is -2.41. The molecule has 0 atom stereocenters. The number of likely N-dealkylation sites (tertiary alicyclic amines) is 1. The summed E-state index contributed by atoms with van der Waals surface area (Å²) in [5.41, 5.74) is 0.195. The van der Waals surface area contributed by atoms with E-state index in [0.29, 0.717) is 5.75 Å². The minimum absolute atomic E-state index is 0.266. The standard InChI is InChI=1S/C18H26BNO4/c1-17(2)18(3,4)24-19(23-17)14-8-10-15(11-9-14)22-16(21)20-12-6-5-7-13-20/h8-11H,5-7,12-13H2,1-4H3. The molecular formula is C18H26BNO4. The van der Waals surface area contributed by atoms with Crippen molar-refractivity contribution >= 4 is 18.7 Å². The molecule has 0 spiro atoms. The molecule has 0 aliphatic carbocycles. The lowest BCUT2D eigenvalue weighted by Gasteiger charge is -2.32. The summed E-state index contributed by atoms with van der Waals surface area (Å²) in [6, 6.07) is 7.37. The molecule has 5 nitrogen and oxygen atoms in total. The van der Waals surface area contributed by atoms with Crippen molar-refractivity contribution in [1.82, 2.24) is 4.90 Å². The van der Waals surface area contributed by atoms with Crippen LogP contribution in [0.25, 0.3) is 0 Å². The summed E-state index contributed by atoms with van der Waals surface area (Å²) in [7, 11) is -0.401. The molecule has 0 unspecified atom stereocenters. The fourth-order valence-corrected chi connectivity index (χ4v) is 2.91. The number of benzene rings is 1. The molecular weight excluding hydrogens is 305 g/mol. The molecule has 2 saturated heterocycles. The molecule has 1 amide bonds. The largest absolute Gasteiger partial charge is 0.494 e. The summed E-state index contributed by atoms with van der Waals surface area (Å²) in [6.07, 6.45) is 3.02. The Morgan fingerprint density at radius 1 is 1.00 bits per heavy atom. The van der Waals surface area contributed by atoms with Gasteiger partial charge in [-0.05, 0) is 64.6 Å². The summed E-state index contributed by atoms with van der Waals surface area (Å²) in [5, 5.41) is 0. The van der Waals surface area contributed by atoms with Crippen LogP contribution in [-0.4, -0.2) is 42.4 Å². The van der Waals surface area contributed by atoms with E-state index in [2.05, 4.69) is 0 Å². The van der Waals surface area contributed by atoms with Gasteiger partial charge in [-0.25, -0.2) is 4.79 Å². The number of nitrogens with zero attached hydrogens (tertiary/aromatic N) is 1. The first-order valence-corrected chi connectivity index (χ1v) is 8.71. The van der Waals surface area contributed by atoms with Gasteiger partial charge in [0, 0.05) is 13.1 Å². The van der Waals surface area contributed by atoms with Crippen LogP contribution in [0.1, 0.15) is 47.0 Å². The third kappa shape index (κ3) is 3.45. The molecule has 0 N–H and O–H groups in total. The highest BCUT2D eigenvalue weighted by atomic mass is 16.7.